The van der Waals surface area contributed by atoms with E-state index in [4.69, 9.17) is 14.2 Å². The van der Waals surface area contributed by atoms with Crippen molar-refractivity contribution in [1.29, 1.82) is 0 Å². The van der Waals surface area contributed by atoms with Crippen molar-refractivity contribution in [3.05, 3.63) is 48.2 Å². The van der Waals surface area contributed by atoms with Gasteiger partial charge in [0.05, 0.1) is 19.7 Å². The number of pyridine rings is 1. The molecular weight excluding hydrogens is 495 g/mol. The Balaban J connectivity index is 0.00000256. The molecule has 0 radical (unpaired) electrons. The number of hydrogen-bond acceptors (Lipinski definition) is 5. The summed E-state index contributed by atoms with van der Waals surface area (Å²) < 4.78 is 17.4. The first-order valence-corrected chi connectivity index (χ1v) is 10.3. The number of guanidine groups is 1. The number of ether oxygens (including phenoxy) is 3. The van der Waals surface area contributed by atoms with Crippen molar-refractivity contribution < 1.29 is 14.2 Å². The summed E-state index contributed by atoms with van der Waals surface area (Å²) in [6, 6.07) is 11.7. The van der Waals surface area contributed by atoms with Gasteiger partial charge in [-0.25, -0.2) is 9.98 Å². The lowest BCUT2D eigenvalue weighted by molar-refractivity contribution is 0.0936. The van der Waals surface area contributed by atoms with Crippen LogP contribution in [0.5, 0.6) is 17.4 Å². The van der Waals surface area contributed by atoms with Crippen LogP contribution >= 0.6 is 24.0 Å². The third-order valence-electron chi connectivity index (χ3n) is 4.79. The highest BCUT2D eigenvalue weighted by Gasteiger charge is 2.22. The van der Waals surface area contributed by atoms with Crippen LogP contribution in [0.15, 0.2) is 47.6 Å². The molecule has 2 aliphatic rings. The van der Waals surface area contributed by atoms with Crippen molar-refractivity contribution >= 4 is 29.9 Å². The largest absolute Gasteiger partial charge is 0.486 e. The Hall–Kier alpha value is -2.23. The number of nitrogens with one attached hydrogen (secondary N) is 2. The van der Waals surface area contributed by atoms with Crippen LogP contribution in [-0.2, 0) is 6.54 Å². The van der Waals surface area contributed by atoms with Gasteiger partial charge in [-0.2, -0.15) is 0 Å². The fourth-order valence-electron chi connectivity index (χ4n) is 2.96. The van der Waals surface area contributed by atoms with Gasteiger partial charge in [0.1, 0.15) is 12.7 Å². The summed E-state index contributed by atoms with van der Waals surface area (Å²) in [5.74, 6) is 3.72. The van der Waals surface area contributed by atoms with E-state index in [9.17, 15) is 0 Å². The zero-order chi connectivity index (χ0) is 19.9. The molecule has 1 fully saturated rings. The predicted octanol–water partition coefficient (Wildman–Crippen LogP) is 3.38. The van der Waals surface area contributed by atoms with Gasteiger partial charge >= 0.3 is 0 Å². The number of benzene rings is 1. The van der Waals surface area contributed by atoms with E-state index in [1.54, 1.807) is 0 Å². The summed E-state index contributed by atoms with van der Waals surface area (Å²) in [7, 11) is 0. The van der Waals surface area contributed by atoms with Gasteiger partial charge in [0.15, 0.2) is 17.5 Å². The number of aromatic nitrogens is 1. The zero-order valence-corrected chi connectivity index (χ0v) is 19.5. The van der Waals surface area contributed by atoms with E-state index in [0.29, 0.717) is 25.6 Å². The molecule has 1 aliphatic heterocycles. The highest BCUT2D eigenvalue weighted by molar-refractivity contribution is 14.0. The van der Waals surface area contributed by atoms with E-state index in [1.807, 2.05) is 49.5 Å². The molecule has 1 unspecified atom stereocenters. The van der Waals surface area contributed by atoms with Crippen LogP contribution in [0.1, 0.15) is 25.3 Å². The number of halogens is 1. The highest BCUT2D eigenvalue weighted by Crippen LogP contribution is 2.30. The quantitative estimate of drug-likeness (QED) is 0.314. The minimum absolute atomic E-state index is 0. The normalized spacial score (nSPS) is 17.6. The van der Waals surface area contributed by atoms with E-state index in [2.05, 4.69) is 20.6 Å². The van der Waals surface area contributed by atoms with Gasteiger partial charge < -0.3 is 24.8 Å². The first-order valence-electron chi connectivity index (χ1n) is 10.3. The molecule has 1 saturated carbocycles. The molecule has 2 N–H and O–H groups in total. The molecule has 4 rings (SSSR count). The van der Waals surface area contributed by atoms with Crippen molar-refractivity contribution in [2.24, 2.45) is 10.9 Å². The Morgan fingerprint density at radius 3 is 2.73 bits per heavy atom. The summed E-state index contributed by atoms with van der Waals surface area (Å²) in [5, 5.41) is 6.59. The lowest BCUT2D eigenvalue weighted by Crippen LogP contribution is -2.45. The number of nitrogens with zero attached hydrogens (tertiary/aromatic N) is 2. The number of fused-ring (bicyclic) bond motifs is 1. The maximum atomic E-state index is 5.99. The van der Waals surface area contributed by atoms with Gasteiger partial charge in [0.2, 0.25) is 5.88 Å². The molecule has 2 aromatic rings. The van der Waals surface area contributed by atoms with Crippen molar-refractivity contribution in [2.75, 3.05) is 26.3 Å². The van der Waals surface area contributed by atoms with E-state index >= 15 is 0 Å². The second-order valence-corrected chi connectivity index (χ2v) is 7.33. The Morgan fingerprint density at radius 1 is 1.17 bits per heavy atom. The lowest BCUT2D eigenvalue weighted by atomic mass is 10.2. The first kappa shape index (κ1) is 22.5. The molecule has 1 aromatic heterocycles. The maximum absolute atomic E-state index is 5.99. The van der Waals surface area contributed by atoms with Gasteiger partial charge in [0, 0.05) is 18.8 Å². The Morgan fingerprint density at radius 2 is 2.00 bits per heavy atom. The van der Waals surface area contributed by atoms with Crippen molar-refractivity contribution in [2.45, 2.75) is 32.4 Å². The molecule has 0 saturated heterocycles. The number of para-hydroxylation sites is 2. The van der Waals surface area contributed by atoms with Crippen LogP contribution in [0.25, 0.3) is 0 Å². The fraction of sp³-hybridized carbons (Fsp3) is 0.455. The molecule has 1 aromatic carbocycles. The minimum Gasteiger partial charge on any atom is -0.486 e. The van der Waals surface area contributed by atoms with Gasteiger partial charge in [-0.3, -0.25) is 0 Å². The highest BCUT2D eigenvalue weighted by atomic mass is 127. The third kappa shape index (κ3) is 6.65. The van der Waals surface area contributed by atoms with Gasteiger partial charge in [-0.15, -0.1) is 24.0 Å². The maximum Gasteiger partial charge on any atom is 0.213 e. The van der Waals surface area contributed by atoms with Crippen LogP contribution in [0.3, 0.4) is 0 Å². The molecule has 1 aliphatic carbocycles. The molecule has 162 valence electrons. The lowest BCUT2D eigenvalue weighted by Gasteiger charge is -2.27. The monoisotopic (exact) mass is 524 g/mol. The van der Waals surface area contributed by atoms with E-state index in [1.165, 1.54) is 12.8 Å². The zero-order valence-electron chi connectivity index (χ0n) is 17.2. The molecule has 2 heterocycles. The molecule has 7 nitrogen and oxygen atoms in total. The smallest absolute Gasteiger partial charge is 0.213 e. The van der Waals surface area contributed by atoms with Crippen LogP contribution < -0.4 is 24.8 Å². The van der Waals surface area contributed by atoms with Gasteiger partial charge in [0.25, 0.3) is 0 Å². The predicted molar refractivity (Wildman–Crippen MR) is 127 cm³/mol. The van der Waals surface area contributed by atoms with Crippen molar-refractivity contribution in [1.82, 2.24) is 15.6 Å². The average molecular weight is 524 g/mol. The number of hydrogen-bond donors (Lipinski definition) is 2. The van der Waals surface area contributed by atoms with Crippen molar-refractivity contribution in [3.63, 3.8) is 0 Å². The molecule has 0 bridgehead atoms. The third-order valence-corrected chi connectivity index (χ3v) is 4.79. The average Bonchev–Trinajstić information content (AvgIpc) is 3.59. The number of rotatable bonds is 8. The Labute approximate surface area is 194 Å². The number of aliphatic imine (C=N–C) groups is 1. The Bertz CT molecular complexity index is 827. The summed E-state index contributed by atoms with van der Waals surface area (Å²) in [5.41, 5.74) is 1.03. The molecule has 8 heteroatoms. The summed E-state index contributed by atoms with van der Waals surface area (Å²) in [6.07, 6.45) is 4.30. The molecule has 1 atom stereocenters. The topological polar surface area (TPSA) is 77.0 Å². The molecule has 30 heavy (non-hydrogen) atoms. The van der Waals surface area contributed by atoms with Crippen LogP contribution in [0, 0.1) is 5.92 Å². The second kappa shape index (κ2) is 11.2. The summed E-state index contributed by atoms with van der Waals surface area (Å²) in [4.78, 5) is 9.02. The van der Waals surface area contributed by atoms with E-state index in [-0.39, 0.29) is 30.1 Å². The molecule has 0 spiro atoms. The minimum atomic E-state index is -0.0710. The van der Waals surface area contributed by atoms with Crippen molar-refractivity contribution in [3.8, 4) is 17.4 Å². The summed E-state index contributed by atoms with van der Waals surface area (Å²) >= 11 is 0. The van der Waals surface area contributed by atoms with E-state index < -0.39 is 0 Å². The fourth-order valence-corrected chi connectivity index (χ4v) is 2.96. The van der Waals surface area contributed by atoms with Gasteiger partial charge in [-0.05, 0) is 43.4 Å². The van der Waals surface area contributed by atoms with Crippen LogP contribution in [0.2, 0.25) is 0 Å². The standard InChI is InChI=1S/C22H28N4O3.HI/c1-2-23-22(26-13-18-15-27-19-5-3-4-6-20(19)29-18)25-12-17-9-10-21(24-11-17)28-14-16-7-8-16;/h3-6,9-11,16,18H,2,7-8,12-15H2,1H3,(H2,23,25,26);1H. The first-order chi connectivity index (χ1) is 14.3. The Kier molecular flexibility index (Phi) is 8.41. The van der Waals surface area contributed by atoms with Crippen LogP contribution in [0.4, 0.5) is 0 Å². The summed E-state index contributed by atoms with van der Waals surface area (Å²) in [6.45, 7) is 5.25. The van der Waals surface area contributed by atoms with Crippen LogP contribution in [-0.4, -0.2) is 43.4 Å². The second-order valence-electron chi connectivity index (χ2n) is 7.33. The van der Waals surface area contributed by atoms with E-state index in [0.717, 1.165) is 42.1 Å². The van der Waals surface area contributed by atoms with Gasteiger partial charge in [-0.1, -0.05) is 18.2 Å². The molecular formula is C22H29IN4O3. The SMILES string of the molecule is CCNC(=NCc1ccc(OCC2CC2)nc1)NCC1COc2ccccc2O1.I. The molecule has 0 amide bonds.